The summed E-state index contributed by atoms with van der Waals surface area (Å²) >= 11 is 0. The molecule has 146 valence electrons. The molecule has 5 amide bonds. The van der Waals surface area contributed by atoms with E-state index >= 15 is 0 Å². The lowest BCUT2D eigenvalue weighted by atomic mass is 9.92. The van der Waals surface area contributed by atoms with E-state index in [1.165, 1.54) is 4.90 Å². The molecule has 4 rings (SSSR count). The van der Waals surface area contributed by atoms with Crippen molar-refractivity contribution in [1.29, 1.82) is 0 Å². The highest BCUT2D eigenvalue weighted by Crippen LogP contribution is 2.47. The predicted octanol–water partition coefficient (Wildman–Crippen LogP) is 1.59. The predicted molar refractivity (Wildman–Crippen MR) is 100 cm³/mol. The first-order valence-electron chi connectivity index (χ1n) is 9.52. The van der Waals surface area contributed by atoms with Gasteiger partial charge in [-0.1, -0.05) is 24.1 Å². The molecule has 0 spiro atoms. The summed E-state index contributed by atoms with van der Waals surface area (Å²) in [5.74, 6) is -2.10. The van der Waals surface area contributed by atoms with Gasteiger partial charge in [0.05, 0.1) is 0 Å². The van der Waals surface area contributed by atoms with E-state index in [1.54, 1.807) is 24.3 Å². The quantitative estimate of drug-likeness (QED) is 0.468. The van der Waals surface area contributed by atoms with E-state index < -0.39 is 29.7 Å². The van der Waals surface area contributed by atoms with Gasteiger partial charge in [0.2, 0.25) is 11.8 Å². The van der Waals surface area contributed by atoms with Crippen molar-refractivity contribution in [2.45, 2.75) is 38.6 Å². The average Bonchev–Trinajstić information content (AvgIpc) is 3.28. The van der Waals surface area contributed by atoms with Crippen LogP contribution in [0.15, 0.2) is 29.4 Å². The summed E-state index contributed by atoms with van der Waals surface area (Å²) in [6.07, 6.45) is 5.06. The summed E-state index contributed by atoms with van der Waals surface area (Å²) in [5.41, 5.74) is 3.76. The highest BCUT2D eigenvalue weighted by molar-refractivity contribution is 6.23. The topological polar surface area (TPSA) is 108 Å². The van der Waals surface area contributed by atoms with Gasteiger partial charge in [0, 0.05) is 17.8 Å². The van der Waals surface area contributed by atoms with Crippen molar-refractivity contribution in [3.63, 3.8) is 0 Å². The average molecular weight is 382 g/mol. The Morgan fingerprint density at radius 2 is 1.93 bits per heavy atom. The third kappa shape index (κ3) is 3.30. The number of hydrazone groups is 1. The number of carbonyl (C=O) groups is 4. The first kappa shape index (κ1) is 18.3. The largest absolute Gasteiger partial charge is 0.331 e. The molecule has 2 bridgehead atoms. The van der Waals surface area contributed by atoms with Gasteiger partial charge in [0.1, 0.15) is 0 Å². The number of benzene rings is 1. The maximum absolute atomic E-state index is 12.8. The SMILES string of the molecule is Cc1ccc(C(=O)N/N=C\[C@@H]2C(=O)NC(=O)N([C@H]3C[C@H]4CC[C@H]3C4)C2=O)cc1. The third-order valence-electron chi connectivity index (χ3n) is 5.97. The van der Waals surface area contributed by atoms with E-state index in [9.17, 15) is 19.2 Å². The van der Waals surface area contributed by atoms with E-state index in [2.05, 4.69) is 15.8 Å². The Balaban J connectivity index is 1.44. The second-order valence-corrected chi connectivity index (χ2v) is 7.81. The van der Waals surface area contributed by atoms with Gasteiger partial charge in [0.15, 0.2) is 5.92 Å². The standard InChI is InChI=1S/C20H22N4O4/c1-11-2-5-13(6-3-11)17(25)23-21-10-15-18(26)22-20(28)24(19(15)27)16-9-12-4-7-14(16)8-12/h2-3,5-6,10,12,14-16H,4,7-9H2,1H3,(H,23,25)(H,22,26,28)/b21-10-/t12-,14-,15+,16-/m0/s1. The zero-order valence-electron chi connectivity index (χ0n) is 15.6. The van der Waals surface area contributed by atoms with Crippen LogP contribution < -0.4 is 10.7 Å². The molecular formula is C20H22N4O4. The van der Waals surface area contributed by atoms with Gasteiger partial charge < -0.3 is 0 Å². The number of carbonyl (C=O) groups excluding carboxylic acids is 4. The van der Waals surface area contributed by atoms with E-state index in [-0.39, 0.29) is 6.04 Å². The maximum Gasteiger partial charge on any atom is 0.331 e. The first-order valence-corrected chi connectivity index (χ1v) is 9.52. The highest BCUT2D eigenvalue weighted by atomic mass is 16.2. The smallest absolute Gasteiger partial charge is 0.277 e. The fourth-order valence-corrected chi connectivity index (χ4v) is 4.52. The van der Waals surface area contributed by atoms with E-state index in [0.29, 0.717) is 17.4 Å². The Morgan fingerprint density at radius 1 is 1.18 bits per heavy atom. The molecule has 2 N–H and O–H groups in total. The lowest BCUT2D eigenvalue weighted by molar-refractivity contribution is -0.141. The molecule has 1 heterocycles. The van der Waals surface area contributed by atoms with Gasteiger partial charge in [-0.3, -0.25) is 24.6 Å². The summed E-state index contributed by atoms with van der Waals surface area (Å²) in [5, 5.41) is 6.03. The number of amides is 5. The van der Waals surface area contributed by atoms with Crippen molar-refractivity contribution in [3.8, 4) is 0 Å². The van der Waals surface area contributed by atoms with Crippen LogP contribution in [0.2, 0.25) is 0 Å². The molecule has 2 saturated carbocycles. The number of rotatable bonds is 4. The van der Waals surface area contributed by atoms with Gasteiger partial charge in [-0.2, -0.15) is 5.10 Å². The molecule has 0 aromatic heterocycles. The summed E-state index contributed by atoms with van der Waals surface area (Å²) in [4.78, 5) is 50.5. The van der Waals surface area contributed by atoms with E-state index in [1.807, 2.05) is 6.92 Å². The Bertz CT molecular complexity index is 863. The number of imide groups is 2. The number of nitrogens with zero attached hydrogens (tertiary/aromatic N) is 2. The second kappa shape index (κ2) is 7.18. The minimum Gasteiger partial charge on any atom is -0.277 e. The third-order valence-corrected chi connectivity index (χ3v) is 5.97. The first-order chi connectivity index (χ1) is 13.4. The number of aryl methyl sites for hydroxylation is 1. The van der Waals surface area contributed by atoms with Gasteiger partial charge in [-0.15, -0.1) is 0 Å². The Labute approximate surface area is 162 Å². The van der Waals surface area contributed by atoms with Crippen molar-refractivity contribution in [2.24, 2.45) is 22.9 Å². The van der Waals surface area contributed by atoms with Crippen molar-refractivity contribution >= 4 is 30.0 Å². The van der Waals surface area contributed by atoms with Crippen LogP contribution in [0, 0.1) is 24.7 Å². The monoisotopic (exact) mass is 382 g/mol. The Morgan fingerprint density at radius 3 is 2.57 bits per heavy atom. The van der Waals surface area contributed by atoms with Gasteiger partial charge in [0.25, 0.3) is 5.91 Å². The van der Waals surface area contributed by atoms with Crippen LogP contribution in [0.5, 0.6) is 0 Å². The van der Waals surface area contributed by atoms with Gasteiger partial charge in [-0.05, 0) is 50.2 Å². The molecule has 1 aromatic rings. The molecule has 3 fully saturated rings. The highest BCUT2D eigenvalue weighted by Gasteiger charge is 2.50. The van der Waals surface area contributed by atoms with Crippen LogP contribution in [-0.4, -0.2) is 40.9 Å². The second-order valence-electron chi connectivity index (χ2n) is 7.81. The molecule has 3 aliphatic rings. The van der Waals surface area contributed by atoms with Crippen molar-refractivity contribution in [3.05, 3.63) is 35.4 Å². The fourth-order valence-electron chi connectivity index (χ4n) is 4.52. The molecule has 1 saturated heterocycles. The molecule has 28 heavy (non-hydrogen) atoms. The minimum atomic E-state index is -1.23. The van der Waals surface area contributed by atoms with E-state index in [4.69, 9.17) is 0 Å². The minimum absolute atomic E-state index is 0.155. The van der Waals surface area contributed by atoms with Crippen LogP contribution in [0.4, 0.5) is 4.79 Å². The normalized spacial score (nSPS) is 29.5. The van der Waals surface area contributed by atoms with Crippen molar-refractivity contribution in [2.75, 3.05) is 0 Å². The lowest BCUT2D eigenvalue weighted by Crippen LogP contribution is -2.62. The van der Waals surface area contributed by atoms with Crippen molar-refractivity contribution in [1.82, 2.24) is 15.6 Å². The van der Waals surface area contributed by atoms with Crippen molar-refractivity contribution < 1.29 is 19.2 Å². The molecule has 8 heteroatoms. The number of barbiturate groups is 1. The molecule has 4 atom stereocenters. The van der Waals surface area contributed by atoms with Crippen LogP contribution in [0.1, 0.15) is 41.6 Å². The molecule has 1 aromatic carbocycles. The molecule has 1 aliphatic heterocycles. The van der Waals surface area contributed by atoms with Crippen LogP contribution in [0.3, 0.4) is 0 Å². The Hall–Kier alpha value is -3.03. The summed E-state index contributed by atoms with van der Waals surface area (Å²) in [6.45, 7) is 1.91. The maximum atomic E-state index is 12.8. The molecule has 0 radical (unpaired) electrons. The molecule has 0 unspecified atom stereocenters. The number of fused-ring (bicyclic) bond motifs is 2. The lowest BCUT2D eigenvalue weighted by Gasteiger charge is -2.36. The fraction of sp³-hybridized carbons (Fsp3) is 0.450. The zero-order chi connectivity index (χ0) is 19.8. The zero-order valence-corrected chi connectivity index (χ0v) is 15.6. The molecule has 8 nitrogen and oxygen atoms in total. The number of urea groups is 1. The summed E-state index contributed by atoms with van der Waals surface area (Å²) in [7, 11) is 0. The van der Waals surface area contributed by atoms with Crippen LogP contribution in [0.25, 0.3) is 0 Å². The van der Waals surface area contributed by atoms with Gasteiger partial charge >= 0.3 is 6.03 Å². The van der Waals surface area contributed by atoms with Crippen LogP contribution in [-0.2, 0) is 9.59 Å². The number of nitrogens with one attached hydrogen (secondary N) is 2. The summed E-state index contributed by atoms with van der Waals surface area (Å²) < 4.78 is 0. The van der Waals surface area contributed by atoms with Gasteiger partial charge in [-0.25, -0.2) is 10.2 Å². The Kier molecular flexibility index (Phi) is 4.70. The molecular weight excluding hydrogens is 360 g/mol. The number of hydrogen-bond acceptors (Lipinski definition) is 5. The summed E-state index contributed by atoms with van der Waals surface area (Å²) in [6, 6.07) is 6.12. The van der Waals surface area contributed by atoms with E-state index in [0.717, 1.165) is 37.5 Å². The molecule has 2 aliphatic carbocycles. The number of hydrogen-bond donors (Lipinski definition) is 2. The van der Waals surface area contributed by atoms with Crippen LogP contribution >= 0.6 is 0 Å².